The molecular formula is C9H7BrClN. The summed E-state index contributed by atoms with van der Waals surface area (Å²) in [5.41, 5.74) is 2.32. The molecule has 0 saturated heterocycles. The Morgan fingerprint density at radius 2 is 2.17 bits per heavy atom. The lowest BCUT2D eigenvalue weighted by Gasteiger charge is -1.96. The summed E-state index contributed by atoms with van der Waals surface area (Å²) in [4.78, 5) is 3.18. The number of fused-ring (bicyclic) bond motifs is 1. The Hall–Kier alpha value is -0.470. The first-order valence-electron chi connectivity index (χ1n) is 3.61. The van der Waals surface area contributed by atoms with E-state index < -0.39 is 0 Å². The highest BCUT2D eigenvalue weighted by atomic mass is 79.9. The maximum Gasteiger partial charge on any atom is 0.0602 e. The third-order valence-electron chi connectivity index (χ3n) is 1.91. The Balaban J connectivity index is 2.92. The average Bonchev–Trinajstić information content (AvgIpc) is 2.33. The van der Waals surface area contributed by atoms with Gasteiger partial charge in [-0.2, -0.15) is 0 Å². The zero-order valence-corrected chi connectivity index (χ0v) is 8.83. The van der Waals surface area contributed by atoms with Crippen LogP contribution in [0.3, 0.4) is 0 Å². The number of hydrogen-bond acceptors (Lipinski definition) is 0. The minimum absolute atomic E-state index is 0.761. The van der Waals surface area contributed by atoms with Crippen molar-refractivity contribution in [1.82, 2.24) is 4.98 Å². The predicted molar refractivity (Wildman–Crippen MR) is 55.7 cm³/mol. The molecule has 12 heavy (non-hydrogen) atoms. The Morgan fingerprint density at radius 3 is 2.92 bits per heavy atom. The quantitative estimate of drug-likeness (QED) is 0.724. The van der Waals surface area contributed by atoms with Gasteiger partial charge in [0.15, 0.2) is 0 Å². The van der Waals surface area contributed by atoms with Crippen molar-refractivity contribution >= 4 is 38.4 Å². The molecule has 1 aromatic carbocycles. The summed E-state index contributed by atoms with van der Waals surface area (Å²) < 4.78 is 1.01. The molecule has 0 unspecified atom stereocenters. The van der Waals surface area contributed by atoms with E-state index in [1.165, 1.54) is 10.9 Å². The zero-order chi connectivity index (χ0) is 8.72. The number of rotatable bonds is 0. The standard InChI is InChI=1S/C9H7BrClN/c1-5-4-12-9-7(5)2-6(11)3-8(9)10/h2-4,12H,1H3. The Kier molecular flexibility index (Phi) is 1.89. The van der Waals surface area contributed by atoms with Gasteiger partial charge in [-0.05, 0) is 40.5 Å². The summed E-state index contributed by atoms with van der Waals surface area (Å²) >= 11 is 9.35. The summed E-state index contributed by atoms with van der Waals surface area (Å²) in [6, 6.07) is 3.85. The second kappa shape index (κ2) is 2.79. The van der Waals surface area contributed by atoms with E-state index in [2.05, 4.69) is 27.8 Å². The molecule has 0 aliphatic rings. The van der Waals surface area contributed by atoms with Crippen LogP contribution in [0.15, 0.2) is 22.8 Å². The monoisotopic (exact) mass is 243 g/mol. The van der Waals surface area contributed by atoms with Crippen molar-refractivity contribution in [2.24, 2.45) is 0 Å². The smallest absolute Gasteiger partial charge is 0.0602 e. The van der Waals surface area contributed by atoms with Gasteiger partial charge >= 0.3 is 0 Å². The van der Waals surface area contributed by atoms with Gasteiger partial charge in [0.2, 0.25) is 0 Å². The number of aromatic amines is 1. The largest absolute Gasteiger partial charge is 0.360 e. The van der Waals surface area contributed by atoms with Crippen molar-refractivity contribution in [3.8, 4) is 0 Å². The number of aryl methyl sites for hydroxylation is 1. The molecule has 0 bridgehead atoms. The predicted octanol–water partition coefficient (Wildman–Crippen LogP) is 3.89. The van der Waals surface area contributed by atoms with E-state index in [-0.39, 0.29) is 0 Å². The maximum absolute atomic E-state index is 5.91. The van der Waals surface area contributed by atoms with E-state index in [4.69, 9.17) is 11.6 Å². The summed E-state index contributed by atoms with van der Waals surface area (Å²) in [6.45, 7) is 2.06. The van der Waals surface area contributed by atoms with Crippen LogP contribution in [0.25, 0.3) is 10.9 Å². The van der Waals surface area contributed by atoms with E-state index in [1.54, 1.807) is 0 Å². The van der Waals surface area contributed by atoms with Crippen LogP contribution >= 0.6 is 27.5 Å². The van der Waals surface area contributed by atoms with E-state index in [0.717, 1.165) is 15.0 Å². The van der Waals surface area contributed by atoms with Gasteiger partial charge in [-0.15, -0.1) is 0 Å². The summed E-state index contributed by atoms with van der Waals surface area (Å²) in [7, 11) is 0. The number of benzene rings is 1. The molecule has 2 rings (SSSR count). The van der Waals surface area contributed by atoms with Crippen molar-refractivity contribution < 1.29 is 0 Å². The van der Waals surface area contributed by atoms with Crippen LogP contribution in [-0.2, 0) is 0 Å². The fourth-order valence-corrected chi connectivity index (χ4v) is 2.21. The molecule has 0 radical (unpaired) electrons. The first-order valence-corrected chi connectivity index (χ1v) is 4.78. The fourth-order valence-electron chi connectivity index (χ4n) is 1.29. The number of aromatic nitrogens is 1. The van der Waals surface area contributed by atoms with Gasteiger partial charge in [0.1, 0.15) is 0 Å². The molecule has 2 aromatic rings. The van der Waals surface area contributed by atoms with Crippen molar-refractivity contribution in [2.45, 2.75) is 6.92 Å². The summed E-state index contributed by atoms with van der Waals surface area (Å²) in [6.07, 6.45) is 1.98. The highest BCUT2D eigenvalue weighted by molar-refractivity contribution is 9.10. The van der Waals surface area contributed by atoms with E-state index >= 15 is 0 Å². The molecule has 1 aromatic heterocycles. The number of hydrogen-bond donors (Lipinski definition) is 1. The van der Waals surface area contributed by atoms with Gasteiger partial charge in [0.05, 0.1) is 5.52 Å². The molecule has 1 N–H and O–H groups in total. The molecule has 0 spiro atoms. The first-order chi connectivity index (χ1) is 5.68. The molecule has 0 amide bonds. The molecule has 0 saturated carbocycles. The third kappa shape index (κ3) is 1.15. The maximum atomic E-state index is 5.91. The Bertz CT molecular complexity index is 433. The second-order valence-electron chi connectivity index (χ2n) is 2.78. The van der Waals surface area contributed by atoms with E-state index in [1.807, 2.05) is 18.3 Å². The lowest BCUT2D eigenvalue weighted by Crippen LogP contribution is -1.72. The number of nitrogens with one attached hydrogen (secondary N) is 1. The topological polar surface area (TPSA) is 15.8 Å². The minimum Gasteiger partial charge on any atom is -0.360 e. The Labute approximate surface area is 83.9 Å². The molecule has 3 heteroatoms. The lowest BCUT2D eigenvalue weighted by atomic mass is 10.2. The number of H-pyrrole nitrogens is 1. The minimum atomic E-state index is 0.761. The van der Waals surface area contributed by atoms with Crippen LogP contribution in [0.1, 0.15) is 5.56 Å². The first kappa shape index (κ1) is 8.14. The van der Waals surface area contributed by atoms with E-state index in [9.17, 15) is 0 Å². The van der Waals surface area contributed by atoms with Crippen molar-refractivity contribution in [3.05, 3.63) is 33.4 Å². The molecule has 1 nitrogen and oxygen atoms in total. The molecule has 0 aliphatic heterocycles. The molecule has 62 valence electrons. The SMILES string of the molecule is Cc1c[nH]c2c(Br)cc(Cl)cc12. The van der Waals surface area contributed by atoms with Crippen LogP contribution in [0.2, 0.25) is 5.02 Å². The number of halogens is 2. The molecule has 0 atom stereocenters. The summed E-state index contributed by atoms with van der Waals surface area (Å²) in [5.74, 6) is 0. The Morgan fingerprint density at radius 1 is 1.42 bits per heavy atom. The molecule has 0 fully saturated rings. The highest BCUT2D eigenvalue weighted by Gasteiger charge is 2.04. The molecule has 0 aliphatic carbocycles. The van der Waals surface area contributed by atoms with Gasteiger partial charge in [-0.25, -0.2) is 0 Å². The van der Waals surface area contributed by atoms with Gasteiger partial charge in [-0.3, -0.25) is 0 Å². The average molecular weight is 245 g/mol. The highest BCUT2D eigenvalue weighted by Crippen LogP contribution is 2.29. The zero-order valence-electron chi connectivity index (χ0n) is 6.49. The molecular weight excluding hydrogens is 237 g/mol. The van der Waals surface area contributed by atoms with Gasteiger partial charge in [0, 0.05) is 21.1 Å². The lowest BCUT2D eigenvalue weighted by molar-refractivity contribution is 1.42. The molecule has 1 heterocycles. The second-order valence-corrected chi connectivity index (χ2v) is 4.07. The van der Waals surface area contributed by atoms with Crippen LogP contribution in [0.5, 0.6) is 0 Å². The van der Waals surface area contributed by atoms with Gasteiger partial charge in [-0.1, -0.05) is 11.6 Å². The van der Waals surface area contributed by atoms with Crippen molar-refractivity contribution in [1.29, 1.82) is 0 Å². The summed E-state index contributed by atoms with van der Waals surface area (Å²) in [5, 5.41) is 1.94. The fraction of sp³-hybridized carbons (Fsp3) is 0.111. The van der Waals surface area contributed by atoms with E-state index in [0.29, 0.717) is 0 Å². The van der Waals surface area contributed by atoms with Gasteiger partial charge < -0.3 is 4.98 Å². The normalized spacial score (nSPS) is 10.9. The van der Waals surface area contributed by atoms with Crippen LogP contribution in [0.4, 0.5) is 0 Å². The van der Waals surface area contributed by atoms with Crippen LogP contribution in [0, 0.1) is 6.92 Å². The van der Waals surface area contributed by atoms with Crippen molar-refractivity contribution in [2.75, 3.05) is 0 Å². The van der Waals surface area contributed by atoms with Crippen LogP contribution < -0.4 is 0 Å². The van der Waals surface area contributed by atoms with Gasteiger partial charge in [0.25, 0.3) is 0 Å². The third-order valence-corrected chi connectivity index (χ3v) is 2.76. The van der Waals surface area contributed by atoms with Crippen LogP contribution in [-0.4, -0.2) is 4.98 Å². The van der Waals surface area contributed by atoms with Crippen molar-refractivity contribution in [3.63, 3.8) is 0 Å².